The molecule has 0 saturated carbocycles. The maximum atomic E-state index is 12.5. The highest BCUT2D eigenvalue weighted by Gasteiger charge is 2.45. The smallest absolute Gasteiger partial charge is 0.273 e. The van der Waals surface area contributed by atoms with E-state index >= 15 is 0 Å². The molecule has 0 N–H and O–H groups in total. The van der Waals surface area contributed by atoms with Gasteiger partial charge in [0.1, 0.15) is 5.69 Å². The van der Waals surface area contributed by atoms with Gasteiger partial charge in [0.25, 0.3) is 5.91 Å². The van der Waals surface area contributed by atoms with Gasteiger partial charge in [-0.05, 0) is 33.6 Å². The van der Waals surface area contributed by atoms with Gasteiger partial charge < -0.3 is 9.80 Å². The van der Waals surface area contributed by atoms with Gasteiger partial charge in [0.15, 0.2) is 0 Å². The Morgan fingerprint density at radius 3 is 2.67 bits per heavy atom. The van der Waals surface area contributed by atoms with Gasteiger partial charge in [0.2, 0.25) is 5.91 Å². The predicted octanol–water partition coefficient (Wildman–Crippen LogP) is 2.87. The van der Waals surface area contributed by atoms with Gasteiger partial charge in [0.05, 0.1) is 5.01 Å². The third-order valence-corrected chi connectivity index (χ3v) is 5.85. The fourth-order valence-electron chi connectivity index (χ4n) is 3.58. The van der Waals surface area contributed by atoms with Gasteiger partial charge in [-0.2, -0.15) is 0 Å². The summed E-state index contributed by atoms with van der Waals surface area (Å²) in [5, 5.41) is 2.76. The van der Waals surface area contributed by atoms with Crippen LogP contribution in [0.3, 0.4) is 0 Å². The molecule has 1 spiro atoms. The van der Waals surface area contributed by atoms with Crippen LogP contribution in [0.5, 0.6) is 0 Å². The minimum atomic E-state index is 0.0277. The summed E-state index contributed by atoms with van der Waals surface area (Å²) < 4.78 is 0. The minimum absolute atomic E-state index is 0.0277. The van der Waals surface area contributed by atoms with Crippen LogP contribution in [-0.4, -0.2) is 52.8 Å². The van der Waals surface area contributed by atoms with Crippen LogP contribution in [-0.2, 0) is 4.79 Å². The molecule has 0 aromatic carbocycles. The lowest BCUT2D eigenvalue weighted by atomic mass is 9.77. The lowest BCUT2D eigenvalue weighted by molar-refractivity contribution is -0.127. The second-order valence-corrected chi connectivity index (χ2v) is 8.34. The summed E-state index contributed by atoms with van der Waals surface area (Å²) in [6.07, 6.45) is 4.54. The quantitative estimate of drug-likeness (QED) is 0.790. The van der Waals surface area contributed by atoms with Gasteiger partial charge in [-0.25, -0.2) is 4.98 Å². The third kappa shape index (κ3) is 3.53. The Bertz CT molecular complexity index is 668. The molecule has 0 bridgehead atoms. The lowest BCUT2D eigenvalue weighted by Gasteiger charge is -2.38. The highest BCUT2D eigenvalue weighted by molar-refractivity contribution is 7.09. The SMILES string of the molecule is CC(C)=CCN1CC2(CCN(C(=O)c3csc(C)n3)CC2)CC1=O. The molecule has 6 heteroatoms. The molecule has 0 atom stereocenters. The number of hydrogen-bond acceptors (Lipinski definition) is 4. The second-order valence-electron chi connectivity index (χ2n) is 7.28. The molecule has 0 aliphatic carbocycles. The molecule has 3 rings (SSSR count). The molecule has 0 radical (unpaired) electrons. The summed E-state index contributed by atoms with van der Waals surface area (Å²) in [4.78, 5) is 33.0. The summed E-state index contributed by atoms with van der Waals surface area (Å²) in [5.74, 6) is 0.280. The molecule has 5 nitrogen and oxygen atoms in total. The van der Waals surface area contributed by atoms with Crippen molar-refractivity contribution < 1.29 is 9.59 Å². The highest BCUT2D eigenvalue weighted by Crippen LogP contribution is 2.41. The van der Waals surface area contributed by atoms with E-state index in [-0.39, 0.29) is 17.2 Å². The van der Waals surface area contributed by atoms with Crippen molar-refractivity contribution in [3.8, 4) is 0 Å². The van der Waals surface area contributed by atoms with E-state index in [2.05, 4.69) is 24.9 Å². The first-order chi connectivity index (χ1) is 11.4. The number of piperidine rings is 1. The molecule has 2 aliphatic heterocycles. The molecule has 2 aliphatic rings. The number of thiazole rings is 1. The first-order valence-corrected chi connectivity index (χ1v) is 9.39. The van der Waals surface area contributed by atoms with E-state index < -0.39 is 0 Å². The zero-order chi connectivity index (χ0) is 17.3. The van der Waals surface area contributed by atoms with Crippen molar-refractivity contribution in [2.24, 2.45) is 5.41 Å². The van der Waals surface area contributed by atoms with Crippen molar-refractivity contribution in [3.63, 3.8) is 0 Å². The fourth-order valence-corrected chi connectivity index (χ4v) is 4.17. The highest BCUT2D eigenvalue weighted by atomic mass is 32.1. The Morgan fingerprint density at radius 2 is 2.08 bits per heavy atom. The average Bonchev–Trinajstić information content (AvgIpc) is 3.09. The monoisotopic (exact) mass is 347 g/mol. The van der Waals surface area contributed by atoms with E-state index in [1.165, 1.54) is 16.9 Å². The van der Waals surface area contributed by atoms with Gasteiger partial charge >= 0.3 is 0 Å². The molecule has 130 valence electrons. The molecular weight excluding hydrogens is 322 g/mol. The van der Waals surface area contributed by atoms with Crippen molar-refractivity contribution in [2.75, 3.05) is 26.2 Å². The molecule has 0 unspecified atom stereocenters. The van der Waals surface area contributed by atoms with E-state index in [0.717, 1.165) is 37.5 Å². The van der Waals surface area contributed by atoms with Crippen LogP contribution in [0.15, 0.2) is 17.0 Å². The van der Waals surface area contributed by atoms with Crippen LogP contribution in [0.25, 0.3) is 0 Å². The Kier molecular flexibility index (Phi) is 4.76. The van der Waals surface area contributed by atoms with Crippen molar-refractivity contribution in [2.45, 2.75) is 40.0 Å². The molecule has 2 amide bonds. The number of carbonyl (C=O) groups excluding carboxylic acids is 2. The zero-order valence-corrected chi connectivity index (χ0v) is 15.5. The van der Waals surface area contributed by atoms with Crippen LogP contribution < -0.4 is 0 Å². The van der Waals surface area contributed by atoms with Crippen LogP contribution in [0.1, 0.15) is 48.6 Å². The normalized spacial score (nSPS) is 19.9. The summed E-state index contributed by atoms with van der Waals surface area (Å²) in [7, 11) is 0. The number of amides is 2. The largest absolute Gasteiger partial charge is 0.338 e. The molecule has 2 saturated heterocycles. The number of allylic oxidation sites excluding steroid dienone is 1. The maximum Gasteiger partial charge on any atom is 0.273 e. The second kappa shape index (κ2) is 6.67. The standard InChI is InChI=1S/C18H25N3O2S/c1-13(2)4-7-21-12-18(10-16(21)22)5-8-20(9-6-18)17(23)15-11-24-14(3)19-15/h4,11H,5-10,12H2,1-3H3. The predicted molar refractivity (Wildman–Crippen MR) is 95.0 cm³/mol. The summed E-state index contributed by atoms with van der Waals surface area (Å²) in [6, 6.07) is 0. The number of aryl methyl sites for hydroxylation is 1. The van der Waals surface area contributed by atoms with Crippen LogP contribution in [0.2, 0.25) is 0 Å². The van der Waals surface area contributed by atoms with Crippen LogP contribution >= 0.6 is 11.3 Å². The molecule has 1 aromatic rings. The van der Waals surface area contributed by atoms with E-state index in [1.54, 1.807) is 0 Å². The van der Waals surface area contributed by atoms with Crippen LogP contribution in [0.4, 0.5) is 0 Å². The van der Waals surface area contributed by atoms with Gasteiger partial charge in [-0.1, -0.05) is 11.6 Å². The number of aromatic nitrogens is 1. The average molecular weight is 347 g/mol. The van der Waals surface area contributed by atoms with E-state index in [1.807, 2.05) is 22.1 Å². The maximum absolute atomic E-state index is 12.5. The van der Waals surface area contributed by atoms with Crippen molar-refractivity contribution in [3.05, 3.63) is 27.7 Å². The summed E-state index contributed by atoms with van der Waals surface area (Å²) in [5.41, 5.74) is 1.85. The Balaban J connectivity index is 1.59. The number of carbonyl (C=O) groups is 2. The van der Waals surface area contributed by atoms with Crippen molar-refractivity contribution >= 4 is 23.2 Å². The van der Waals surface area contributed by atoms with E-state index in [4.69, 9.17) is 0 Å². The molecule has 3 heterocycles. The van der Waals surface area contributed by atoms with Crippen molar-refractivity contribution in [1.82, 2.24) is 14.8 Å². The molecule has 2 fully saturated rings. The molecule has 1 aromatic heterocycles. The Hall–Kier alpha value is -1.69. The van der Waals surface area contributed by atoms with Gasteiger partial charge in [0, 0.05) is 43.4 Å². The van der Waals surface area contributed by atoms with Crippen LogP contribution in [0, 0.1) is 12.3 Å². The Morgan fingerprint density at radius 1 is 1.38 bits per heavy atom. The zero-order valence-electron chi connectivity index (χ0n) is 14.7. The van der Waals surface area contributed by atoms with E-state index in [0.29, 0.717) is 18.7 Å². The first kappa shape index (κ1) is 17.1. The summed E-state index contributed by atoms with van der Waals surface area (Å²) >= 11 is 1.51. The third-order valence-electron chi connectivity index (χ3n) is 5.07. The lowest BCUT2D eigenvalue weighted by Crippen LogP contribution is -2.44. The summed E-state index contributed by atoms with van der Waals surface area (Å²) in [6.45, 7) is 9.01. The fraction of sp³-hybridized carbons (Fsp3) is 0.611. The first-order valence-electron chi connectivity index (χ1n) is 8.51. The minimum Gasteiger partial charge on any atom is -0.338 e. The topological polar surface area (TPSA) is 53.5 Å². The van der Waals surface area contributed by atoms with Gasteiger partial charge in [-0.15, -0.1) is 11.3 Å². The Labute approximate surface area is 147 Å². The number of likely N-dealkylation sites (tertiary alicyclic amines) is 2. The van der Waals surface area contributed by atoms with Crippen molar-refractivity contribution in [1.29, 1.82) is 0 Å². The van der Waals surface area contributed by atoms with Gasteiger partial charge in [-0.3, -0.25) is 9.59 Å². The van der Waals surface area contributed by atoms with E-state index in [9.17, 15) is 9.59 Å². The number of nitrogens with zero attached hydrogens (tertiary/aromatic N) is 3. The molecular formula is C18H25N3O2S. The number of rotatable bonds is 3. The number of hydrogen-bond donors (Lipinski definition) is 0. The molecule has 24 heavy (non-hydrogen) atoms.